The molecular weight excluding hydrogens is 286 g/mol. The van der Waals surface area contributed by atoms with Crippen molar-refractivity contribution in [1.29, 1.82) is 5.26 Å². The van der Waals surface area contributed by atoms with Crippen LogP contribution in [0.5, 0.6) is 0 Å². The van der Waals surface area contributed by atoms with Gasteiger partial charge in [0.2, 0.25) is 10.0 Å². The molecule has 0 radical (unpaired) electrons. The second-order valence-electron chi connectivity index (χ2n) is 5.42. The van der Waals surface area contributed by atoms with Crippen LogP contribution in [-0.4, -0.2) is 28.1 Å². The van der Waals surface area contributed by atoms with Crippen molar-refractivity contribution in [1.82, 2.24) is 10.0 Å². The second-order valence-corrected chi connectivity index (χ2v) is 7.23. The second kappa shape index (κ2) is 7.55. The van der Waals surface area contributed by atoms with Gasteiger partial charge in [-0.05, 0) is 49.9 Å². The summed E-state index contributed by atoms with van der Waals surface area (Å²) in [6, 6.07) is 8.83. The molecule has 5 nitrogen and oxygen atoms in total. The highest BCUT2D eigenvalue weighted by molar-refractivity contribution is 7.88. The number of benzene rings is 1. The number of nitriles is 1. The van der Waals surface area contributed by atoms with Crippen molar-refractivity contribution in [2.45, 2.75) is 25.0 Å². The zero-order valence-corrected chi connectivity index (χ0v) is 12.8. The highest BCUT2D eigenvalue weighted by Gasteiger charge is 2.16. The van der Waals surface area contributed by atoms with Crippen LogP contribution in [0.1, 0.15) is 30.4 Å². The minimum absolute atomic E-state index is 0.139. The van der Waals surface area contributed by atoms with E-state index in [9.17, 15) is 8.42 Å². The molecule has 114 valence electrons. The molecule has 0 aromatic heterocycles. The van der Waals surface area contributed by atoms with E-state index in [1.807, 2.05) is 6.07 Å². The molecule has 2 rings (SSSR count). The molecule has 2 N–H and O–H groups in total. The molecular formula is C15H21N3O2S. The maximum atomic E-state index is 12.1. The van der Waals surface area contributed by atoms with Gasteiger partial charge < -0.3 is 5.32 Å². The largest absolute Gasteiger partial charge is 0.316 e. The monoisotopic (exact) mass is 307 g/mol. The summed E-state index contributed by atoms with van der Waals surface area (Å²) in [6.07, 6.45) is 3.17. The van der Waals surface area contributed by atoms with E-state index >= 15 is 0 Å². The van der Waals surface area contributed by atoms with Gasteiger partial charge in [-0.15, -0.1) is 0 Å². The van der Waals surface area contributed by atoms with Gasteiger partial charge in [0.1, 0.15) is 0 Å². The Morgan fingerprint density at radius 1 is 1.38 bits per heavy atom. The molecule has 1 fully saturated rings. The fraction of sp³-hybridized carbons (Fsp3) is 0.533. The van der Waals surface area contributed by atoms with Gasteiger partial charge >= 0.3 is 0 Å². The number of hydrogen-bond donors (Lipinski definition) is 2. The van der Waals surface area contributed by atoms with Crippen molar-refractivity contribution in [3.8, 4) is 6.07 Å². The molecule has 21 heavy (non-hydrogen) atoms. The van der Waals surface area contributed by atoms with Gasteiger partial charge in [-0.3, -0.25) is 0 Å². The summed E-state index contributed by atoms with van der Waals surface area (Å²) in [5, 5.41) is 12.3. The Bertz CT molecular complexity index is 602. The highest BCUT2D eigenvalue weighted by Crippen LogP contribution is 2.14. The van der Waals surface area contributed by atoms with E-state index in [0.29, 0.717) is 23.6 Å². The molecule has 0 aliphatic carbocycles. The maximum absolute atomic E-state index is 12.1. The van der Waals surface area contributed by atoms with Gasteiger partial charge in [0, 0.05) is 6.54 Å². The summed E-state index contributed by atoms with van der Waals surface area (Å²) in [5.41, 5.74) is 0.964. The molecule has 1 unspecified atom stereocenters. The lowest BCUT2D eigenvalue weighted by Gasteiger charge is -2.22. The van der Waals surface area contributed by atoms with Gasteiger partial charge in [0.25, 0.3) is 0 Å². The first kappa shape index (κ1) is 16.0. The predicted molar refractivity (Wildman–Crippen MR) is 82.0 cm³/mol. The average molecular weight is 307 g/mol. The van der Waals surface area contributed by atoms with Crippen molar-refractivity contribution < 1.29 is 8.42 Å². The van der Waals surface area contributed by atoms with Crippen LogP contribution in [0.3, 0.4) is 0 Å². The standard InChI is InChI=1S/C15H21N3O2S/c16-10-14-5-1-2-6-15(14)12-21(19,20)18-9-7-13-4-3-8-17-11-13/h1-2,5-6,13,17-18H,3-4,7-9,11-12H2. The van der Waals surface area contributed by atoms with E-state index in [0.717, 1.165) is 32.4 Å². The van der Waals surface area contributed by atoms with Crippen LogP contribution < -0.4 is 10.0 Å². The first-order valence-electron chi connectivity index (χ1n) is 7.27. The van der Waals surface area contributed by atoms with E-state index in [2.05, 4.69) is 10.0 Å². The lowest BCUT2D eigenvalue weighted by atomic mass is 9.96. The lowest BCUT2D eigenvalue weighted by molar-refractivity contribution is 0.358. The smallest absolute Gasteiger partial charge is 0.215 e. The summed E-state index contributed by atoms with van der Waals surface area (Å²) in [4.78, 5) is 0. The molecule has 1 atom stereocenters. The number of rotatable bonds is 6. The first-order valence-corrected chi connectivity index (χ1v) is 8.92. The maximum Gasteiger partial charge on any atom is 0.215 e. The van der Waals surface area contributed by atoms with Crippen LogP contribution in [0.25, 0.3) is 0 Å². The lowest BCUT2D eigenvalue weighted by Crippen LogP contribution is -2.33. The molecule has 1 saturated heterocycles. The fourth-order valence-corrected chi connectivity index (χ4v) is 3.79. The van der Waals surface area contributed by atoms with Gasteiger partial charge in [0.05, 0.1) is 17.4 Å². The van der Waals surface area contributed by atoms with E-state index in [1.54, 1.807) is 24.3 Å². The summed E-state index contributed by atoms with van der Waals surface area (Å²) < 4.78 is 26.8. The quantitative estimate of drug-likeness (QED) is 0.831. The van der Waals surface area contributed by atoms with Crippen LogP contribution in [0, 0.1) is 17.2 Å². The summed E-state index contributed by atoms with van der Waals surface area (Å²) in [7, 11) is -3.39. The topological polar surface area (TPSA) is 82.0 Å². The Balaban J connectivity index is 1.85. The number of sulfonamides is 1. The Kier molecular flexibility index (Phi) is 5.74. The van der Waals surface area contributed by atoms with Crippen LogP contribution in [0.2, 0.25) is 0 Å². The Morgan fingerprint density at radius 3 is 2.90 bits per heavy atom. The van der Waals surface area contributed by atoms with Crippen LogP contribution in [0.4, 0.5) is 0 Å². The Labute approximate surface area is 126 Å². The first-order chi connectivity index (χ1) is 10.1. The molecule has 0 saturated carbocycles. The van der Waals surface area contributed by atoms with E-state index in [-0.39, 0.29) is 5.75 Å². The number of nitrogens with one attached hydrogen (secondary N) is 2. The van der Waals surface area contributed by atoms with Crippen molar-refractivity contribution in [3.05, 3.63) is 35.4 Å². The molecule has 6 heteroatoms. The van der Waals surface area contributed by atoms with E-state index < -0.39 is 10.0 Å². The van der Waals surface area contributed by atoms with E-state index in [1.165, 1.54) is 0 Å². The van der Waals surface area contributed by atoms with Crippen LogP contribution in [0.15, 0.2) is 24.3 Å². The zero-order chi connectivity index (χ0) is 15.1. The van der Waals surface area contributed by atoms with Gasteiger partial charge in [-0.25, -0.2) is 13.1 Å². The molecule has 1 aliphatic rings. The third-order valence-electron chi connectivity index (χ3n) is 3.76. The van der Waals surface area contributed by atoms with Crippen molar-refractivity contribution in [2.75, 3.05) is 19.6 Å². The summed E-state index contributed by atoms with van der Waals surface area (Å²) >= 11 is 0. The number of piperidine rings is 1. The Morgan fingerprint density at radius 2 is 2.19 bits per heavy atom. The number of nitrogens with zero attached hydrogens (tertiary/aromatic N) is 1. The summed E-state index contributed by atoms with van der Waals surface area (Å²) in [5.74, 6) is 0.410. The molecule has 1 aliphatic heterocycles. The minimum Gasteiger partial charge on any atom is -0.316 e. The summed E-state index contributed by atoms with van der Waals surface area (Å²) in [6.45, 7) is 2.50. The van der Waals surface area contributed by atoms with Gasteiger partial charge in [-0.2, -0.15) is 5.26 Å². The Hall–Kier alpha value is -1.42. The molecule has 1 aromatic rings. The van der Waals surface area contributed by atoms with Crippen LogP contribution >= 0.6 is 0 Å². The predicted octanol–water partition coefficient (Wildman–Crippen LogP) is 1.37. The molecule has 0 bridgehead atoms. The van der Waals surface area contributed by atoms with Crippen molar-refractivity contribution in [3.63, 3.8) is 0 Å². The molecule has 1 aromatic carbocycles. The fourth-order valence-electron chi connectivity index (χ4n) is 2.60. The van der Waals surface area contributed by atoms with E-state index in [4.69, 9.17) is 5.26 Å². The van der Waals surface area contributed by atoms with Crippen LogP contribution in [-0.2, 0) is 15.8 Å². The third kappa shape index (κ3) is 5.12. The average Bonchev–Trinajstić information content (AvgIpc) is 2.48. The molecule has 1 heterocycles. The SMILES string of the molecule is N#Cc1ccccc1CS(=O)(=O)NCCC1CCCNC1. The van der Waals surface area contributed by atoms with Gasteiger partial charge in [-0.1, -0.05) is 18.2 Å². The number of hydrogen-bond acceptors (Lipinski definition) is 4. The van der Waals surface area contributed by atoms with Gasteiger partial charge in [0.15, 0.2) is 0 Å². The molecule has 0 spiro atoms. The third-order valence-corrected chi connectivity index (χ3v) is 5.09. The molecule has 0 amide bonds. The minimum atomic E-state index is -3.39. The zero-order valence-electron chi connectivity index (χ0n) is 12.0. The normalized spacial score (nSPS) is 19.1. The van der Waals surface area contributed by atoms with Crippen molar-refractivity contribution in [2.24, 2.45) is 5.92 Å². The highest BCUT2D eigenvalue weighted by atomic mass is 32.2. The van der Waals surface area contributed by atoms with Crippen molar-refractivity contribution >= 4 is 10.0 Å².